The number of rotatable bonds is 6. The van der Waals surface area contributed by atoms with Crippen LogP contribution in [0.25, 0.3) is 0 Å². The molecule has 2 aromatic carbocycles. The summed E-state index contributed by atoms with van der Waals surface area (Å²) in [5.74, 6) is 2.13. The van der Waals surface area contributed by atoms with Crippen molar-refractivity contribution >= 4 is 23.4 Å². The molecular formula is C18H21NO2S. The van der Waals surface area contributed by atoms with E-state index in [4.69, 9.17) is 4.74 Å². The minimum atomic E-state index is 0.0294. The van der Waals surface area contributed by atoms with Gasteiger partial charge in [-0.2, -0.15) is 0 Å². The van der Waals surface area contributed by atoms with E-state index in [0.717, 1.165) is 17.2 Å². The molecule has 2 aromatic rings. The Bertz CT molecular complexity index is 638. The lowest BCUT2D eigenvalue weighted by atomic mass is 10.1. The van der Waals surface area contributed by atoms with Gasteiger partial charge in [-0.05, 0) is 54.8 Å². The summed E-state index contributed by atoms with van der Waals surface area (Å²) >= 11 is 1.60. The first-order valence-corrected chi connectivity index (χ1v) is 8.32. The van der Waals surface area contributed by atoms with E-state index in [1.165, 1.54) is 16.7 Å². The van der Waals surface area contributed by atoms with Gasteiger partial charge in [0.1, 0.15) is 5.75 Å². The zero-order valence-corrected chi connectivity index (χ0v) is 14.0. The van der Waals surface area contributed by atoms with Gasteiger partial charge in [-0.3, -0.25) is 4.79 Å². The summed E-state index contributed by atoms with van der Waals surface area (Å²) in [5, 5.41) is 2.93. The maximum atomic E-state index is 11.9. The minimum absolute atomic E-state index is 0.0294. The van der Waals surface area contributed by atoms with Gasteiger partial charge in [0.25, 0.3) is 0 Å². The molecule has 1 amide bonds. The Morgan fingerprint density at radius 1 is 1.09 bits per heavy atom. The molecule has 0 aliphatic heterocycles. The number of hydrogen-bond acceptors (Lipinski definition) is 3. The third-order valence-electron chi connectivity index (χ3n) is 3.45. The van der Waals surface area contributed by atoms with Gasteiger partial charge in [-0.1, -0.05) is 18.2 Å². The molecule has 2 rings (SSSR count). The first kappa shape index (κ1) is 16.4. The topological polar surface area (TPSA) is 38.3 Å². The van der Waals surface area contributed by atoms with E-state index in [0.29, 0.717) is 5.75 Å². The van der Waals surface area contributed by atoms with Crippen LogP contribution in [0.1, 0.15) is 16.7 Å². The fraction of sp³-hybridized carbons (Fsp3) is 0.278. The SMILES string of the molecule is COc1ccc(CSCC(=O)Nc2ccc(C)c(C)c2)cc1. The Balaban J connectivity index is 1.78. The van der Waals surface area contributed by atoms with Crippen molar-refractivity contribution in [2.45, 2.75) is 19.6 Å². The highest BCUT2D eigenvalue weighted by atomic mass is 32.2. The van der Waals surface area contributed by atoms with Crippen LogP contribution in [0.2, 0.25) is 0 Å². The predicted molar refractivity (Wildman–Crippen MR) is 93.7 cm³/mol. The van der Waals surface area contributed by atoms with Crippen LogP contribution in [0.3, 0.4) is 0 Å². The van der Waals surface area contributed by atoms with E-state index in [9.17, 15) is 4.79 Å². The van der Waals surface area contributed by atoms with Crippen molar-refractivity contribution in [3.8, 4) is 5.75 Å². The number of thioether (sulfide) groups is 1. The molecule has 1 N–H and O–H groups in total. The van der Waals surface area contributed by atoms with E-state index < -0.39 is 0 Å². The smallest absolute Gasteiger partial charge is 0.234 e. The highest BCUT2D eigenvalue weighted by molar-refractivity contribution is 7.99. The number of anilines is 1. The maximum Gasteiger partial charge on any atom is 0.234 e. The average molecular weight is 315 g/mol. The predicted octanol–water partition coefficient (Wildman–Crippen LogP) is 4.18. The first-order valence-electron chi connectivity index (χ1n) is 7.16. The van der Waals surface area contributed by atoms with Crippen LogP contribution in [0.15, 0.2) is 42.5 Å². The second kappa shape index (κ2) is 7.90. The van der Waals surface area contributed by atoms with Crippen LogP contribution in [0, 0.1) is 13.8 Å². The van der Waals surface area contributed by atoms with Crippen LogP contribution in [-0.2, 0) is 10.5 Å². The third kappa shape index (κ3) is 4.81. The van der Waals surface area contributed by atoms with Gasteiger partial charge in [-0.25, -0.2) is 0 Å². The summed E-state index contributed by atoms with van der Waals surface area (Å²) in [7, 11) is 1.65. The molecule has 0 aliphatic rings. The molecule has 4 heteroatoms. The number of ether oxygens (including phenoxy) is 1. The van der Waals surface area contributed by atoms with Gasteiger partial charge >= 0.3 is 0 Å². The van der Waals surface area contributed by atoms with E-state index in [-0.39, 0.29) is 5.91 Å². The van der Waals surface area contributed by atoms with Crippen LogP contribution in [-0.4, -0.2) is 18.8 Å². The molecule has 0 spiro atoms. The third-order valence-corrected chi connectivity index (χ3v) is 4.46. The number of nitrogens with one attached hydrogen (secondary N) is 1. The van der Waals surface area contributed by atoms with E-state index in [1.807, 2.05) is 49.4 Å². The molecule has 0 atom stereocenters. The molecule has 0 aromatic heterocycles. The van der Waals surface area contributed by atoms with Crippen LogP contribution < -0.4 is 10.1 Å². The lowest BCUT2D eigenvalue weighted by molar-refractivity contribution is -0.113. The van der Waals surface area contributed by atoms with Crippen LogP contribution in [0.5, 0.6) is 5.75 Å². The van der Waals surface area contributed by atoms with Gasteiger partial charge in [-0.15, -0.1) is 11.8 Å². The molecule has 0 bridgehead atoms. The fourth-order valence-electron chi connectivity index (χ4n) is 2.00. The summed E-state index contributed by atoms with van der Waals surface area (Å²) in [5.41, 5.74) is 4.46. The lowest BCUT2D eigenvalue weighted by Gasteiger charge is -2.08. The van der Waals surface area contributed by atoms with E-state index in [1.54, 1.807) is 18.9 Å². The molecule has 0 saturated carbocycles. The Kier molecular flexibility index (Phi) is 5.90. The Labute approximate surface area is 136 Å². The number of methoxy groups -OCH3 is 1. The number of amides is 1. The van der Waals surface area contributed by atoms with Crippen molar-refractivity contribution < 1.29 is 9.53 Å². The van der Waals surface area contributed by atoms with Crippen molar-refractivity contribution in [2.75, 3.05) is 18.2 Å². The highest BCUT2D eigenvalue weighted by Crippen LogP contribution is 2.18. The monoisotopic (exact) mass is 315 g/mol. The summed E-state index contributed by atoms with van der Waals surface area (Å²) in [6.07, 6.45) is 0. The van der Waals surface area contributed by atoms with Crippen molar-refractivity contribution in [3.05, 3.63) is 59.2 Å². The number of carbonyl (C=O) groups is 1. The van der Waals surface area contributed by atoms with Crippen molar-refractivity contribution in [1.82, 2.24) is 0 Å². The minimum Gasteiger partial charge on any atom is -0.497 e. The van der Waals surface area contributed by atoms with Crippen LogP contribution in [0.4, 0.5) is 5.69 Å². The van der Waals surface area contributed by atoms with Crippen molar-refractivity contribution in [1.29, 1.82) is 0 Å². The quantitative estimate of drug-likeness (QED) is 0.869. The van der Waals surface area contributed by atoms with E-state index in [2.05, 4.69) is 12.2 Å². The summed E-state index contributed by atoms with van der Waals surface area (Å²) in [6.45, 7) is 4.11. The molecule has 3 nitrogen and oxygen atoms in total. The molecule has 116 valence electrons. The van der Waals surface area contributed by atoms with Gasteiger partial charge in [0, 0.05) is 11.4 Å². The normalized spacial score (nSPS) is 10.3. The fourth-order valence-corrected chi connectivity index (χ4v) is 2.79. The standard InChI is InChI=1S/C18H21NO2S/c1-13-4-7-16(10-14(13)2)19-18(20)12-22-11-15-5-8-17(21-3)9-6-15/h4-10H,11-12H2,1-3H3,(H,19,20). The molecule has 0 saturated heterocycles. The van der Waals surface area contributed by atoms with Crippen LogP contribution >= 0.6 is 11.8 Å². The van der Waals surface area contributed by atoms with Gasteiger partial charge in [0.15, 0.2) is 0 Å². The van der Waals surface area contributed by atoms with Gasteiger partial charge in [0.05, 0.1) is 12.9 Å². The van der Waals surface area contributed by atoms with Crippen molar-refractivity contribution in [2.24, 2.45) is 0 Å². The van der Waals surface area contributed by atoms with Gasteiger partial charge in [0.2, 0.25) is 5.91 Å². The zero-order chi connectivity index (χ0) is 15.9. The number of benzene rings is 2. The summed E-state index contributed by atoms with van der Waals surface area (Å²) in [6, 6.07) is 13.9. The Hall–Kier alpha value is -1.94. The summed E-state index contributed by atoms with van der Waals surface area (Å²) < 4.78 is 5.13. The molecule has 0 aliphatic carbocycles. The number of hydrogen-bond donors (Lipinski definition) is 1. The molecule has 0 radical (unpaired) electrons. The van der Waals surface area contributed by atoms with Gasteiger partial charge < -0.3 is 10.1 Å². The number of aryl methyl sites for hydroxylation is 2. The molecular weight excluding hydrogens is 294 g/mol. The average Bonchev–Trinajstić information content (AvgIpc) is 2.51. The highest BCUT2D eigenvalue weighted by Gasteiger charge is 2.04. The second-order valence-corrected chi connectivity index (χ2v) is 6.17. The second-order valence-electron chi connectivity index (χ2n) is 5.19. The van der Waals surface area contributed by atoms with Crippen molar-refractivity contribution in [3.63, 3.8) is 0 Å². The maximum absolute atomic E-state index is 11.9. The molecule has 0 heterocycles. The van der Waals surface area contributed by atoms with E-state index >= 15 is 0 Å². The Morgan fingerprint density at radius 3 is 2.45 bits per heavy atom. The largest absolute Gasteiger partial charge is 0.497 e. The molecule has 22 heavy (non-hydrogen) atoms. The number of carbonyl (C=O) groups excluding carboxylic acids is 1. The lowest BCUT2D eigenvalue weighted by Crippen LogP contribution is -2.14. The zero-order valence-electron chi connectivity index (χ0n) is 13.2. The first-order chi connectivity index (χ1) is 10.6. The Morgan fingerprint density at radius 2 is 1.82 bits per heavy atom. The summed E-state index contributed by atoms with van der Waals surface area (Å²) in [4.78, 5) is 11.9. The molecule has 0 unspecified atom stereocenters. The molecule has 0 fully saturated rings.